The second-order valence-electron chi connectivity index (χ2n) is 5.58. The van der Waals surface area contributed by atoms with Gasteiger partial charge in [-0.25, -0.2) is 4.21 Å². The molecule has 0 spiro atoms. The molecular formula is C18H17BrO2S. The SMILES string of the molecule is Cc1cccc([S@@](=O)c2c(C)oc3cc(C)c(Br)c(C)c23)c1. The van der Waals surface area contributed by atoms with E-state index in [2.05, 4.69) is 15.9 Å². The van der Waals surface area contributed by atoms with Gasteiger partial charge in [-0.2, -0.15) is 0 Å². The Bertz CT molecular complexity index is 909. The zero-order chi connectivity index (χ0) is 16.0. The number of benzene rings is 2. The summed E-state index contributed by atoms with van der Waals surface area (Å²) in [7, 11) is -1.25. The maximum absolute atomic E-state index is 13.1. The quantitative estimate of drug-likeness (QED) is 0.582. The number of aryl methyl sites for hydroxylation is 4. The minimum atomic E-state index is -1.25. The van der Waals surface area contributed by atoms with Gasteiger partial charge in [-0.15, -0.1) is 0 Å². The smallest absolute Gasteiger partial charge is 0.136 e. The maximum atomic E-state index is 13.1. The first kappa shape index (κ1) is 15.5. The highest BCUT2D eigenvalue weighted by atomic mass is 79.9. The second-order valence-corrected chi connectivity index (χ2v) is 7.79. The van der Waals surface area contributed by atoms with Crippen molar-refractivity contribution in [2.24, 2.45) is 0 Å². The summed E-state index contributed by atoms with van der Waals surface area (Å²) < 4.78 is 20.0. The number of furan rings is 1. The van der Waals surface area contributed by atoms with Crippen molar-refractivity contribution in [2.45, 2.75) is 37.5 Å². The van der Waals surface area contributed by atoms with Crippen molar-refractivity contribution in [2.75, 3.05) is 0 Å². The minimum absolute atomic E-state index is 0.718. The zero-order valence-corrected chi connectivity index (χ0v) is 15.4. The minimum Gasteiger partial charge on any atom is -0.460 e. The average molecular weight is 377 g/mol. The molecule has 1 heterocycles. The molecule has 2 nitrogen and oxygen atoms in total. The molecule has 0 aliphatic carbocycles. The first-order valence-corrected chi connectivity index (χ1v) is 9.01. The van der Waals surface area contributed by atoms with E-state index in [9.17, 15) is 4.21 Å². The molecule has 3 rings (SSSR count). The first-order valence-electron chi connectivity index (χ1n) is 7.07. The van der Waals surface area contributed by atoms with Crippen LogP contribution in [0, 0.1) is 27.7 Å². The number of hydrogen-bond acceptors (Lipinski definition) is 2. The third-order valence-corrected chi connectivity index (χ3v) is 6.61. The third-order valence-electron chi connectivity index (χ3n) is 3.84. The molecule has 0 radical (unpaired) electrons. The van der Waals surface area contributed by atoms with Crippen LogP contribution in [-0.2, 0) is 10.8 Å². The van der Waals surface area contributed by atoms with Crippen molar-refractivity contribution in [3.8, 4) is 0 Å². The Kier molecular flexibility index (Phi) is 4.00. The molecule has 0 amide bonds. The summed E-state index contributed by atoms with van der Waals surface area (Å²) in [5.74, 6) is 0.718. The fraction of sp³-hybridized carbons (Fsp3) is 0.222. The van der Waals surface area contributed by atoms with Gasteiger partial charge < -0.3 is 4.42 Å². The van der Waals surface area contributed by atoms with Crippen LogP contribution in [0.3, 0.4) is 0 Å². The molecule has 4 heteroatoms. The van der Waals surface area contributed by atoms with Crippen LogP contribution in [0.5, 0.6) is 0 Å². The van der Waals surface area contributed by atoms with E-state index in [0.29, 0.717) is 0 Å². The Hall–Kier alpha value is -1.39. The van der Waals surface area contributed by atoms with E-state index in [1.807, 2.05) is 58.0 Å². The lowest BCUT2D eigenvalue weighted by Crippen LogP contribution is -1.96. The monoisotopic (exact) mass is 376 g/mol. The molecule has 0 N–H and O–H groups in total. The molecule has 1 atom stereocenters. The molecule has 3 aromatic rings. The van der Waals surface area contributed by atoms with Crippen LogP contribution in [0.1, 0.15) is 22.5 Å². The van der Waals surface area contributed by atoms with Gasteiger partial charge in [-0.1, -0.05) is 28.1 Å². The Balaban J connectivity index is 2.29. The summed E-state index contributed by atoms with van der Waals surface area (Å²) in [5, 5.41) is 0.954. The fourth-order valence-electron chi connectivity index (χ4n) is 2.74. The molecule has 2 aromatic carbocycles. The molecule has 0 bridgehead atoms. The second kappa shape index (κ2) is 5.67. The lowest BCUT2D eigenvalue weighted by atomic mass is 10.1. The van der Waals surface area contributed by atoms with Gasteiger partial charge in [0.05, 0.1) is 15.7 Å². The molecule has 0 aliphatic heterocycles. The summed E-state index contributed by atoms with van der Waals surface area (Å²) in [6.45, 7) is 7.95. The molecule has 1 aromatic heterocycles. The van der Waals surface area contributed by atoms with Crippen molar-refractivity contribution < 1.29 is 8.63 Å². The van der Waals surface area contributed by atoms with E-state index in [0.717, 1.165) is 47.7 Å². The summed E-state index contributed by atoms with van der Waals surface area (Å²) in [5.41, 5.74) is 4.09. The van der Waals surface area contributed by atoms with Crippen LogP contribution < -0.4 is 0 Å². The van der Waals surface area contributed by atoms with Gasteiger partial charge in [-0.3, -0.25) is 0 Å². The summed E-state index contributed by atoms with van der Waals surface area (Å²) in [6, 6.07) is 9.81. The van der Waals surface area contributed by atoms with Gasteiger partial charge in [0.25, 0.3) is 0 Å². The highest BCUT2D eigenvalue weighted by molar-refractivity contribution is 9.10. The normalized spacial score (nSPS) is 12.8. The average Bonchev–Trinajstić information content (AvgIpc) is 2.80. The molecule has 0 saturated heterocycles. The highest BCUT2D eigenvalue weighted by Gasteiger charge is 2.22. The van der Waals surface area contributed by atoms with E-state index >= 15 is 0 Å². The first-order chi connectivity index (χ1) is 10.4. The van der Waals surface area contributed by atoms with Crippen LogP contribution in [-0.4, -0.2) is 4.21 Å². The molecule has 0 unspecified atom stereocenters. The number of fused-ring (bicyclic) bond motifs is 1. The van der Waals surface area contributed by atoms with E-state index in [1.165, 1.54) is 0 Å². The number of halogens is 1. The molecule has 0 aliphatic rings. The standard InChI is InChI=1S/C18H17BrO2S/c1-10-6-5-7-14(8-10)22(20)18-13(4)21-15-9-11(2)17(19)12(3)16(15)18/h5-9H,1-4H3/t22-/m1/s1. The molecular weight excluding hydrogens is 360 g/mol. The van der Waals surface area contributed by atoms with E-state index in [4.69, 9.17) is 4.42 Å². The van der Waals surface area contributed by atoms with E-state index in [-0.39, 0.29) is 0 Å². The predicted molar refractivity (Wildman–Crippen MR) is 94.0 cm³/mol. The lowest BCUT2D eigenvalue weighted by molar-refractivity contribution is 0.566. The van der Waals surface area contributed by atoms with Gasteiger partial charge in [0, 0.05) is 14.8 Å². The van der Waals surface area contributed by atoms with Crippen molar-refractivity contribution in [1.29, 1.82) is 0 Å². The third kappa shape index (κ3) is 2.44. The van der Waals surface area contributed by atoms with Crippen LogP contribution in [0.2, 0.25) is 0 Å². The van der Waals surface area contributed by atoms with Gasteiger partial charge in [0.15, 0.2) is 0 Å². The van der Waals surface area contributed by atoms with E-state index < -0.39 is 10.8 Å². The fourth-order valence-corrected chi connectivity index (χ4v) is 4.53. The zero-order valence-electron chi connectivity index (χ0n) is 13.0. The molecule has 114 valence electrons. The van der Waals surface area contributed by atoms with Crippen LogP contribution in [0.4, 0.5) is 0 Å². The highest BCUT2D eigenvalue weighted by Crippen LogP contribution is 2.37. The summed E-state index contributed by atoms with van der Waals surface area (Å²) in [4.78, 5) is 1.58. The largest absolute Gasteiger partial charge is 0.460 e. The number of hydrogen-bond donors (Lipinski definition) is 0. The van der Waals surface area contributed by atoms with Crippen molar-refractivity contribution in [1.82, 2.24) is 0 Å². The molecule has 0 fully saturated rings. The van der Waals surface area contributed by atoms with Crippen LogP contribution in [0.15, 0.2) is 49.0 Å². The topological polar surface area (TPSA) is 30.2 Å². The molecule has 22 heavy (non-hydrogen) atoms. The Morgan fingerprint density at radius 3 is 2.50 bits per heavy atom. The van der Waals surface area contributed by atoms with Crippen molar-refractivity contribution >= 4 is 37.7 Å². The van der Waals surface area contributed by atoms with Crippen molar-refractivity contribution in [3.05, 3.63) is 57.3 Å². The van der Waals surface area contributed by atoms with Crippen LogP contribution >= 0.6 is 15.9 Å². The van der Waals surface area contributed by atoms with E-state index in [1.54, 1.807) is 0 Å². The van der Waals surface area contributed by atoms with Gasteiger partial charge in [0.2, 0.25) is 0 Å². The summed E-state index contributed by atoms with van der Waals surface area (Å²) in [6.07, 6.45) is 0. The van der Waals surface area contributed by atoms with Crippen LogP contribution in [0.25, 0.3) is 11.0 Å². The number of rotatable bonds is 2. The Labute approximate surface area is 141 Å². The van der Waals surface area contributed by atoms with Crippen molar-refractivity contribution in [3.63, 3.8) is 0 Å². The predicted octanol–water partition coefficient (Wildman–Crippen LogP) is 5.60. The maximum Gasteiger partial charge on any atom is 0.136 e. The summed E-state index contributed by atoms with van der Waals surface area (Å²) >= 11 is 3.62. The molecule has 0 saturated carbocycles. The Morgan fingerprint density at radius 1 is 1.09 bits per heavy atom. The Morgan fingerprint density at radius 2 is 1.82 bits per heavy atom. The van der Waals surface area contributed by atoms with Gasteiger partial charge >= 0.3 is 0 Å². The lowest BCUT2D eigenvalue weighted by Gasteiger charge is -2.07. The van der Waals surface area contributed by atoms with Gasteiger partial charge in [0.1, 0.15) is 11.3 Å². The van der Waals surface area contributed by atoms with Gasteiger partial charge in [-0.05, 0) is 62.6 Å².